The Morgan fingerprint density at radius 3 is 2.73 bits per heavy atom. The molecule has 15 heavy (non-hydrogen) atoms. The van der Waals surface area contributed by atoms with Crippen LogP contribution in [0.2, 0.25) is 0 Å². The first-order valence-corrected chi connectivity index (χ1v) is 4.59. The molecule has 0 spiro atoms. The van der Waals surface area contributed by atoms with Gasteiger partial charge in [-0.05, 0) is 13.0 Å². The molecule has 1 rings (SSSR count). The smallest absolute Gasteiger partial charge is 0.163 e. The Balaban J connectivity index is 2.98. The predicted molar refractivity (Wildman–Crippen MR) is 54.9 cm³/mol. The number of phenolic OH excluding ortho intramolecular Hbond substituents is 1. The summed E-state index contributed by atoms with van der Waals surface area (Å²) >= 11 is 0. The van der Waals surface area contributed by atoms with E-state index < -0.39 is 6.10 Å². The second-order valence-corrected chi connectivity index (χ2v) is 3.32. The second-order valence-electron chi connectivity index (χ2n) is 3.32. The highest BCUT2D eigenvalue weighted by molar-refractivity contribution is 5.76. The van der Waals surface area contributed by atoms with E-state index in [1.54, 1.807) is 18.2 Å². The summed E-state index contributed by atoms with van der Waals surface area (Å²) in [7, 11) is 1.43. The van der Waals surface area contributed by atoms with E-state index in [2.05, 4.69) is 0 Å². The SMILES string of the molecule is COc1cccc(C(O)CC(C)=O)c1O. The highest BCUT2D eigenvalue weighted by Crippen LogP contribution is 2.34. The molecule has 1 unspecified atom stereocenters. The topological polar surface area (TPSA) is 66.8 Å². The van der Waals surface area contributed by atoms with Gasteiger partial charge in [-0.25, -0.2) is 0 Å². The number of carbonyl (C=O) groups excluding carboxylic acids is 1. The van der Waals surface area contributed by atoms with Gasteiger partial charge in [-0.1, -0.05) is 12.1 Å². The van der Waals surface area contributed by atoms with Crippen LogP contribution in [0.15, 0.2) is 18.2 Å². The third kappa shape index (κ3) is 2.70. The fourth-order valence-corrected chi connectivity index (χ4v) is 1.36. The zero-order valence-corrected chi connectivity index (χ0v) is 8.73. The summed E-state index contributed by atoms with van der Waals surface area (Å²) in [4.78, 5) is 10.8. The third-order valence-electron chi connectivity index (χ3n) is 2.09. The monoisotopic (exact) mass is 210 g/mol. The van der Waals surface area contributed by atoms with E-state index in [-0.39, 0.29) is 23.7 Å². The fraction of sp³-hybridized carbons (Fsp3) is 0.364. The zero-order chi connectivity index (χ0) is 11.4. The van der Waals surface area contributed by atoms with Gasteiger partial charge >= 0.3 is 0 Å². The maximum Gasteiger partial charge on any atom is 0.163 e. The quantitative estimate of drug-likeness (QED) is 0.788. The molecule has 2 N–H and O–H groups in total. The molecule has 82 valence electrons. The number of phenols is 1. The summed E-state index contributed by atoms with van der Waals surface area (Å²) < 4.78 is 4.89. The lowest BCUT2D eigenvalue weighted by Crippen LogP contribution is -2.03. The molecular weight excluding hydrogens is 196 g/mol. The molecule has 4 nitrogen and oxygen atoms in total. The largest absolute Gasteiger partial charge is 0.504 e. The van der Waals surface area contributed by atoms with Crippen LogP contribution in [0.3, 0.4) is 0 Å². The lowest BCUT2D eigenvalue weighted by Gasteiger charge is -2.13. The van der Waals surface area contributed by atoms with Crippen LogP contribution in [-0.4, -0.2) is 23.1 Å². The standard InChI is InChI=1S/C11H14O4/c1-7(12)6-9(13)8-4-3-5-10(15-2)11(8)14/h3-5,9,13-14H,6H2,1-2H3. The Kier molecular flexibility index (Phi) is 3.68. The normalized spacial score (nSPS) is 12.2. The minimum Gasteiger partial charge on any atom is -0.504 e. The van der Waals surface area contributed by atoms with Crippen molar-refractivity contribution in [2.24, 2.45) is 0 Å². The molecule has 0 fully saturated rings. The molecule has 0 heterocycles. The molecule has 4 heteroatoms. The number of hydrogen-bond acceptors (Lipinski definition) is 4. The van der Waals surface area contributed by atoms with Crippen molar-refractivity contribution in [2.45, 2.75) is 19.4 Å². The molecule has 0 saturated carbocycles. The highest BCUT2D eigenvalue weighted by atomic mass is 16.5. The number of benzene rings is 1. The number of rotatable bonds is 4. The first kappa shape index (κ1) is 11.5. The predicted octanol–water partition coefficient (Wildman–Crippen LogP) is 1.41. The van der Waals surface area contributed by atoms with Gasteiger partial charge in [0.1, 0.15) is 5.78 Å². The molecule has 0 aliphatic heterocycles. The molecule has 1 aromatic rings. The van der Waals surface area contributed by atoms with Gasteiger partial charge in [0.2, 0.25) is 0 Å². The van der Waals surface area contributed by atoms with E-state index in [1.807, 2.05) is 0 Å². The molecule has 0 saturated heterocycles. The van der Waals surface area contributed by atoms with Crippen LogP contribution in [-0.2, 0) is 4.79 Å². The summed E-state index contributed by atoms with van der Waals surface area (Å²) in [6, 6.07) is 4.79. The number of hydrogen-bond donors (Lipinski definition) is 2. The summed E-state index contributed by atoms with van der Waals surface area (Å²) in [5.41, 5.74) is 0.310. The number of ketones is 1. The van der Waals surface area contributed by atoms with Crippen LogP contribution in [0.1, 0.15) is 25.0 Å². The van der Waals surface area contributed by atoms with Crippen LogP contribution in [0, 0.1) is 0 Å². The van der Waals surface area contributed by atoms with Gasteiger partial charge in [0.25, 0.3) is 0 Å². The Hall–Kier alpha value is -1.55. The Morgan fingerprint density at radius 2 is 2.20 bits per heavy atom. The van der Waals surface area contributed by atoms with E-state index in [0.717, 1.165) is 0 Å². The Bertz CT molecular complexity index is 360. The number of methoxy groups -OCH3 is 1. The van der Waals surface area contributed by atoms with Crippen molar-refractivity contribution in [3.05, 3.63) is 23.8 Å². The number of ether oxygens (including phenoxy) is 1. The number of aromatic hydroxyl groups is 1. The van der Waals surface area contributed by atoms with Gasteiger partial charge in [-0.3, -0.25) is 4.79 Å². The van der Waals surface area contributed by atoms with E-state index >= 15 is 0 Å². The molecule has 0 aromatic heterocycles. The lowest BCUT2D eigenvalue weighted by molar-refractivity contribution is -0.118. The van der Waals surface area contributed by atoms with Gasteiger partial charge in [0.15, 0.2) is 11.5 Å². The van der Waals surface area contributed by atoms with E-state index in [0.29, 0.717) is 5.56 Å². The number of aliphatic hydroxyl groups is 1. The number of Topliss-reactive ketones (excluding diaryl/α,β-unsaturated/α-hetero) is 1. The molecule has 0 amide bonds. The third-order valence-corrected chi connectivity index (χ3v) is 2.09. The first-order valence-electron chi connectivity index (χ1n) is 4.59. The highest BCUT2D eigenvalue weighted by Gasteiger charge is 2.16. The van der Waals surface area contributed by atoms with Crippen LogP contribution in [0.4, 0.5) is 0 Å². The van der Waals surface area contributed by atoms with Crippen molar-refractivity contribution in [3.63, 3.8) is 0 Å². The molecule has 0 aliphatic carbocycles. The Labute approximate surface area is 88.1 Å². The minimum atomic E-state index is -0.988. The fourth-order valence-electron chi connectivity index (χ4n) is 1.36. The number of carbonyl (C=O) groups is 1. The molecule has 1 atom stereocenters. The number of para-hydroxylation sites is 1. The maximum absolute atomic E-state index is 10.8. The lowest BCUT2D eigenvalue weighted by atomic mass is 10.0. The molecule has 0 aliphatic rings. The van der Waals surface area contributed by atoms with Crippen LogP contribution < -0.4 is 4.74 Å². The average Bonchev–Trinajstić information content (AvgIpc) is 2.17. The first-order chi connectivity index (χ1) is 7.06. The van der Waals surface area contributed by atoms with E-state index in [9.17, 15) is 15.0 Å². The molecule has 1 aromatic carbocycles. The summed E-state index contributed by atoms with van der Waals surface area (Å²) in [5.74, 6) is 0.0357. The second kappa shape index (κ2) is 4.79. The van der Waals surface area contributed by atoms with Crippen molar-refractivity contribution in [1.82, 2.24) is 0 Å². The zero-order valence-electron chi connectivity index (χ0n) is 8.73. The van der Waals surface area contributed by atoms with Crippen LogP contribution in [0.25, 0.3) is 0 Å². The van der Waals surface area contributed by atoms with Gasteiger partial charge < -0.3 is 14.9 Å². The minimum absolute atomic E-state index is 0.0132. The van der Waals surface area contributed by atoms with Crippen molar-refractivity contribution in [3.8, 4) is 11.5 Å². The molecule has 0 radical (unpaired) electrons. The summed E-state index contributed by atoms with van der Waals surface area (Å²) in [5, 5.41) is 19.3. The van der Waals surface area contributed by atoms with Gasteiger partial charge in [0, 0.05) is 12.0 Å². The van der Waals surface area contributed by atoms with Crippen molar-refractivity contribution in [1.29, 1.82) is 0 Å². The van der Waals surface area contributed by atoms with E-state index in [1.165, 1.54) is 14.0 Å². The van der Waals surface area contributed by atoms with Crippen LogP contribution in [0.5, 0.6) is 11.5 Å². The van der Waals surface area contributed by atoms with Gasteiger partial charge in [-0.2, -0.15) is 0 Å². The number of aliphatic hydroxyl groups excluding tert-OH is 1. The average molecular weight is 210 g/mol. The van der Waals surface area contributed by atoms with Crippen molar-refractivity contribution < 1.29 is 19.7 Å². The van der Waals surface area contributed by atoms with Crippen molar-refractivity contribution in [2.75, 3.05) is 7.11 Å². The summed E-state index contributed by atoms with van der Waals surface area (Å²) in [6.07, 6.45) is -1.00. The maximum atomic E-state index is 10.8. The molecule has 0 bridgehead atoms. The van der Waals surface area contributed by atoms with E-state index in [4.69, 9.17) is 4.74 Å². The summed E-state index contributed by atoms with van der Waals surface area (Å²) in [6.45, 7) is 1.39. The van der Waals surface area contributed by atoms with Gasteiger partial charge in [0.05, 0.1) is 13.2 Å². The molecular formula is C11H14O4. The van der Waals surface area contributed by atoms with Gasteiger partial charge in [-0.15, -0.1) is 0 Å². The van der Waals surface area contributed by atoms with Crippen LogP contribution >= 0.6 is 0 Å². The van der Waals surface area contributed by atoms with Crippen molar-refractivity contribution >= 4 is 5.78 Å². The Morgan fingerprint density at radius 1 is 1.53 bits per heavy atom.